The van der Waals surface area contributed by atoms with E-state index in [-0.39, 0.29) is 17.4 Å². The molecular formula is C38H52N4O5S. The minimum atomic E-state index is -0.292. The summed E-state index contributed by atoms with van der Waals surface area (Å²) in [6.45, 7) is 11.2. The molecule has 48 heavy (non-hydrogen) atoms. The van der Waals surface area contributed by atoms with Crippen molar-refractivity contribution in [1.29, 1.82) is 0 Å². The van der Waals surface area contributed by atoms with Gasteiger partial charge in [-0.3, -0.25) is 19.2 Å². The predicted molar refractivity (Wildman–Crippen MR) is 197 cm³/mol. The van der Waals surface area contributed by atoms with Crippen molar-refractivity contribution in [3.05, 3.63) is 83.0 Å². The number of carbonyl (C=O) groups excluding carboxylic acids is 3. The van der Waals surface area contributed by atoms with Gasteiger partial charge in [-0.05, 0) is 108 Å². The number of unbranched alkanes of at least 4 members (excludes halogenated alkanes) is 2. The Bertz CT molecular complexity index is 1490. The van der Waals surface area contributed by atoms with Crippen LogP contribution in [-0.4, -0.2) is 65.2 Å². The third-order valence-corrected chi connectivity index (χ3v) is 9.24. The number of aromatic amines is 1. The molecule has 1 saturated heterocycles. The molecule has 2 atom stereocenters. The Morgan fingerprint density at radius 3 is 2.40 bits per heavy atom. The number of nitrogens with zero attached hydrogens (tertiary/aromatic N) is 1. The standard InChI is InChI=1S/C16H13NO.C14H25NO2.C4H7NOS.C4H7NO/c1-11-6-5-9-13-15(18)10-14(17-16(11)13)12-7-3-2-4-8-12;1-4-5-6-7-11-17-13(3)14(16)15-10-8-9-12(15)2;6-3-5-7-4-1-2-4;6-3-5-4-1-2-4/h2-10H,1H3,(H,17,18);4,12-13H,1,5-11H2,2-3H3;3-4H,1-2H2,(H,5,6);3-4H,1-2H2,(H,5,6)/t;12?,13-;;/m.1../s1. The summed E-state index contributed by atoms with van der Waals surface area (Å²) in [7, 11) is 0. The highest BCUT2D eigenvalue weighted by Crippen LogP contribution is 2.31. The van der Waals surface area contributed by atoms with E-state index in [0.29, 0.717) is 18.7 Å². The molecule has 0 radical (unpaired) electrons. The molecule has 2 saturated carbocycles. The molecule has 2 aliphatic carbocycles. The van der Waals surface area contributed by atoms with Crippen molar-refractivity contribution in [3.63, 3.8) is 0 Å². The van der Waals surface area contributed by atoms with Crippen LogP contribution in [0, 0.1) is 6.92 Å². The number of benzene rings is 2. The number of likely N-dealkylation sites (tertiary alicyclic amines) is 1. The third-order valence-electron chi connectivity index (χ3n) is 8.20. The maximum Gasteiger partial charge on any atom is 0.251 e. The normalized spacial score (nSPS) is 16.9. The van der Waals surface area contributed by atoms with Crippen molar-refractivity contribution in [1.82, 2.24) is 19.9 Å². The van der Waals surface area contributed by atoms with Crippen LogP contribution in [0.5, 0.6) is 0 Å². The first-order valence-electron chi connectivity index (χ1n) is 17.0. The van der Waals surface area contributed by atoms with Crippen LogP contribution in [0.2, 0.25) is 0 Å². The number of ether oxygens (including phenoxy) is 1. The van der Waals surface area contributed by atoms with Gasteiger partial charge < -0.3 is 24.7 Å². The highest BCUT2D eigenvalue weighted by Gasteiger charge is 2.28. The number of nitrogens with one attached hydrogen (secondary N) is 3. The number of hydrogen-bond acceptors (Lipinski definition) is 6. The first-order valence-corrected chi connectivity index (χ1v) is 17.9. The van der Waals surface area contributed by atoms with E-state index in [1.165, 1.54) is 37.6 Å². The fourth-order valence-corrected chi connectivity index (χ4v) is 5.68. The van der Waals surface area contributed by atoms with Crippen LogP contribution in [0.15, 0.2) is 72.0 Å². The molecule has 0 spiro atoms. The number of aromatic nitrogens is 1. The van der Waals surface area contributed by atoms with E-state index in [4.69, 9.17) is 4.74 Å². The molecule has 2 aromatic carbocycles. The van der Waals surface area contributed by atoms with Gasteiger partial charge in [0.15, 0.2) is 5.43 Å². The Morgan fingerprint density at radius 1 is 1.06 bits per heavy atom. The lowest BCUT2D eigenvalue weighted by Gasteiger charge is -2.25. The predicted octanol–water partition coefficient (Wildman–Crippen LogP) is 6.70. The zero-order valence-corrected chi connectivity index (χ0v) is 29.4. The van der Waals surface area contributed by atoms with Crippen molar-refractivity contribution in [2.24, 2.45) is 0 Å². The molecule has 260 valence electrons. The summed E-state index contributed by atoms with van der Waals surface area (Å²) in [5.41, 5.74) is 3.96. The van der Waals surface area contributed by atoms with E-state index in [2.05, 4.69) is 28.5 Å². The number of carbonyl (C=O) groups is 3. The van der Waals surface area contributed by atoms with Gasteiger partial charge in [-0.25, -0.2) is 0 Å². The maximum atomic E-state index is 12.1. The van der Waals surface area contributed by atoms with Crippen molar-refractivity contribution in [2.75, 3.05) is 13.2 Å². The lowest BCUT2D eigenvalue weighted by molar-refractivity contribution is -0.143. The molecule has 0 bridgehead atoms. The smallest absolute Gasteiger partial charge is 0.251 e. The Labute approximate surface area is 289 Å². The molecule has 2 heterocycles. The van der Waals surface area contributed by atoms with Gasteiger partial charge in [0.25, 0.3) is 5.91 Å². The summed E-state index contributed by atoms with van der Waals surface area (Å²) in [4.78, 5) is 48.6. The van der Waals surface area contributed by atoms with Crippen LogP contribution < -0.4 is 15.5 Å². The van der Waals surface area contributed by atoms with Crippen molar-refractivity contribution in [2.45, 2.75) is 102 Å². The summed E-state index contributed by atoms with van der Waals surface area (Å²) in [6, 6.07) is 18.2. The third kappa shape index (κ3) is 13.7. The van der Waals surface area contributed by atoms with Crippen LogP contribution >= 0.6 is 11.9 Å². The number of H-pyrrole nitrogens is 1. The lowest BCUT2D eigenvalue weighted by atomic mass is 10.1. The van der Waals surface area contributed by atoms with Crippen molar-refractivity contribution >= 4 is 41.6 Å². The molecule has 10 heteroatoms. The molecule has 9 nitrogen and oxygen atoms in total. The molecule has 3 aliphatic rings. The van der Waals surface area contributed by atoms with Gasteiger partial charge >= 0.3 is 0 Å². The number of allylic oxidation sites excluding steroid dienone is 1. The highest BCUT2D eigenvalue weighted by atomic mass is 32.2. The largest absolute Gasteiger partial charge is 0.369 e. The molecule has 6 rings (SSSR count). The molecule has 1 aromatic heterocycles. The second-order valence-corrected chi connectivity index (χ2v) is 13.5. The topological polar surface area (TPSA) is 121 Å². The van der Waals surface area contributed by atoms with Crippen LogP contribution in [0.3, 0.4) is 0 Å². The van der Waals surface area contributed by atoms with E-state index in [9.17, 15) is 19.2 Å². The van der Waals surface area contributed by atoms with Gasteiger partial charge in [0.2, 0.25) is 12.8 Å². The number of pyridine rings is 1. The molecule has 3 amide bonds. The Balaban J connectivity index is 0.000000191. The number of fused-ring (bicyclic) bond motifs is 1. The molecule has 3 fully saturated rings. The SMILES string of the molecule is C=CCCCCO[C@H](C)C(=O)N1CCCC1C.Cc1cccc2c(=O)cc(-c3ccccc3)[nH]c12.O=CNC1CC1.O=CNSC1CC1. The minimum absolute atomic E-state index is 0.0614. The van der Waals surface area contributed by atoms with Crippen molar-refractivity contribution < 1.29 is 19.1 Å². The monoisotopic (exact) mass is 676 g/mol. The van der Waals surface area contributed by atoms with Gasteiger partial charge in [-0.1, -0.05) is 48.5 Å². The Hall–Kier alpha value is -3.89. The maximum absolute atomic E-state index is 12.1. The summed E-state index contributed by atoms with van der Waals surface area (Å²) in [5.74, 6) is 0.152. The van der Waals surface area contributed by atoms with Gasteiger partial charge in [0.1, 0.15) is 6.10 Å². The number of amides is 3. The quantitative estimate of drug-likeness (QED) is 0.0802. The Morgan fingerprint density at radius 2 is 1.81 bits per heavy atom. The van der Waals surface area contributed by atoms with Gasteiger partial charge in [-0.15, -0.1) is 6.58 Å². The number of aryl methyl sites for hydroxylation is 1. The van der Waals surface area contributed by atoms with Crippen LogP contribution in [0.1, 0.15) is 77.2 Å². The van der Waals surface area contributed by atoms with E-state index in [0.717, 1.165) is 84.4 Å². The Kier molecular flexibility index (Phi) is 17.0. The average Bonchev–Trinajstić information content (AvgIpc) is 4.05. The van der Waals surface area contributed by atoms with Gasteiger partial charge in [-0.2, -0.15) is 0 Å². The number of para-hydroxylation sites is 1. The molecule has 3 aromatic rings. The molecule has 1 aliphatic heterocycles. The summed E-state index contributed by atoms with van der Waals surface area (Å²) >= 11 is 1.52. The van der Waals surface area contributed by atoms with E-state index >= 15 is 0 Å². The zero-order chi connectivity index (χ0) is 34.7. The minimum Gasteiger partial charge on any atom is -0.369 e. The van der Waals surface area contributed by atoms with Gasteiger partial charge in [0.05, 0.1) is 5.52 Å². The van der Waals surface area contributed by atoms with Crippen LogP contribution in [0.25, 0.3) is 22.2 Å². The fourth-order valence-electron chi connectivity index (χ4n) is 5.06. The van der Waals surface area contributed by atoms with Gasteiger partial charge in [0, 0.05) is 47.6 Å². The van der Waals surface area contributed by atoms with E-state index in [1.54, 1.807) is 6.07 Å². The second-order valence-electron chi connectivity index (χ2n) is 12.3. The molecular weight excluding hydrogens is 625 g/mol. The molecule has 3 N–H and O–H groups in total. The van der Waals surface area contributed by atoms with Crippen LogP contribution in [0.4, 0.5) is 0 Å². The fraction of sp³-hybridized carbons (Fsp3) is 0.474. The number of rotatable bonds is 13. The first kappa shape index (κ1) is 38.6. The first-order chi connectivity index (χ1) is 23.3. The highest BCUT2D eigenvalue weighted by molar-refractivity contribution is 7.98. The van der Waals surface area contributed by atoms with Crippen molar-refractivity contribution in [3.8, 4) is 11.3 Å². The van der Waals surface area contributed by atoms with Crippen LogP contribution in [-0.2, 0) is 19.1 Å². The molecule has 1 unspecified atom stereocenters. The summed E-state index contributed by atoms with van der Waals surface area (Å²) in [5, 5.41) is 4.11. The second kappa shape index (κ2) is 21.2. The zero-order valence-electron chi connectivity index (χ0n) is 28.6. The van der Waals surface area contributed by atoms with E-state index < -0.39 is 0 Å². The number of hydrogen-bond donors (Lipinski definition) is 3. The summed E-state index contributed by atoms with van der Waals surface area (Å²) < 4.78 is 8.13. The average molecular weight is 677 g/mol. The lowest BCUT2D eigenvalue weighted by Crippen LogP contribution is -2.41. The summed E-state index contributed by atoms with van der Waals surface area (Å²) in [6.07, 6.45) is 13.4. The van der Waals surface area contributed by atoms with E-state index in [1.807, 2.05) is 73.4 Å².